The van der Waals surface area contributed by atoms with Crippen molar-refractivity contribution in [1.29, 1.82) is 0 Å². The summed E-state index contributed by atoms with van der Waals surface area (Å²) in [5.41, 5.74) is 2.55. The van der Waals surface area contributed by atoms with E-state index in [-0.39, 0.29) is 5.56 Å². The minimum atomic E-state index is -0.106. The summed E-state index contributed by atoms with van der Waals surface area (Å²) in [5, 5.41) is 0.682. The molecule has 0 atom stereocenters. The highest BCUT2D eigenvalue weighted by atomic mass is 79.9. The van der Waals surface area contributed by atoms with E-state index in [1.54, 1.807) is 18.2 Å². The van der Waals surface area contributed by atoms with Crippen LogP contribution in [-0.2, 0) is 0 Å². The van der Waals surface area contributed by atoms with Crippen LogP contribution in [0.25, 0.3) is 11.1 Å². The molecule has 0 aliphatic rings. The van der Waals surface area contributed by atoms with Crippen LogP contribution in [0.1, 0.15) is 5.69 Å². The van der Waals surface area contributed by atoms with Gasteiger partial charge in [0, 0.05) is 26.8 Å². The van der Waals surface area contributed by atoms with Gasteiger partial charge in [0.2, 0.25) is 5.56 Å². The first-order chi connectivity index (χ1) is 7.58. The summed E-state index contributed by atoms with van der Waals surface area (Å²) in [4.78, 5) is 14.1. The van der Waals surface area contributed by atoms with Crippen molar-refractivity contribution in [2.45, 2.75) is 6.92 Å². The van der Waals surface area contributed by atoms with Gasteiger partial charge < -0.3 is 4.98 Å². The average Bonchev–Trinajstić information content (AvgIpc) is 2.25. The molecule has 0 bridgehead atoms. The van der Waals surface area contributed by atoms with E-state index in [0.717, 1.165) is 21.3 Å². The smallest absolute Gasteiger partial charge is 0.248 e. The molecular weight excluding hydrogens is 289 g/mol. The lowest BCUT2D eigenvalue weighted by Gasteiger charge is -2.06. The number of H-pyrrole nitrogens is 1. The first-order valence-corrected chi connectivity index (χ1v) is 5.90. The van der Waals surface area contributed by atoms with Crippen LogP contribution in [0, 0.1) is 6.92 Å². The fraction of sp³-hybridized carbons (Fsp3) is 0.0833. The summed E-state index contributed by atoms with van der Waals surface area (Å²) in [5.74, 6) is 0. The van der Waals surface area contributed by atoms with E-state index in [0.29, 0.717) is 5.02 Å². The third-order valence-electron chi connectivity index (χ3n) is 2.31. The Bertz CT molecular complexity index is 575. The van der Waals surface area contributed by atoms with Crippen molar-refractivity contribution < 1.29 is 0 Å². The van der Waals surface area contributed by atoms with Gasteiger partial charge in [-0.3, -0.25) is 4.79 Å². The lowest BCUT2D eigenvalue weighted by molar-refractivity contribution is 1.13. The van der Waals surface area contributed by atoms with Crippen LogP contribution >= 0.6 is 27.5 Å². The summed E-state index contributed by atoms with van der Waals surface area (Å²) >= 11 is 9.29. The second kappa shape index (κ2) is 4.44. The van der Waals surface area contributed by atoms with Crippen LogP contribution < -0.4 is 5.56 Å². The molecule has 0 aliphatic heterocycles. The zero-order valence-corrected chi connectivity index (χ0v) is 10.9. The first-order valence-electron chi connectivity index (χ1n) is 4.73. The topological polar surface area (TPSA) is 32.9 Å². The number of aromatic nitrogens is 1. The van der Waals surface area contributed by atoms with Gasteiger partial charge in [-0.15, -0.1) is 0 Å². The highest BCUT2D eigenvalue weighted by Crippen LogP contribution is 2.29. The van der Waals surface area contributed by atoms with Crippen LogP contribution in [0.3, 0.4) is 0 Å². The molecule has 2 nitrogen and oxygen atoms in total. The van der Waals surface area contributed by atoms with E-state index in [4.69, 9.17) is 11.6 Å². The molecule has 1 aromatic heterocycles. The van der Waals surface area contributed by atoms with E-state index in [1.165, 1.54) is 0 Å². The summed E-state index contributed by atoms with van der Waals surface area (Å²) in [6, 6.07) is 8.96. The van der Waals surface area contributed by atoms with Crippen LogP contribution in [0.4, 0.5) is 0 Å². The Morgan fingerprint density at radius 3 is 2.50 bits per heavy atom. The average molecular weight is 299 g/mol. The number of rotatable bonds is 1. The maximum absolute atomic E-state index is 11.4. The van der Waals surface area contributed by atoms with Crippen LogP contribution in [0.5, 0.6) is 0 Å². The first kappa shape index (κ1) is 11.4. The molecule has 1 aromatic carbocycles. The van der Waals surface area contributed by atoms with E-state index in [2.05, 4.69) is 20.9 Å². The van der Waals surface area contributed by atoms with Crippen molar-refractivity contribution in [2.24, 2.45) is 0 Å². The number of pyridine rings is 1. The molecule has 0 unspecified atom stereocenters. The maximum Gasteiger partial charge on any atom is 0.248 e. The highest BCUT2D eigenvalue weighted by molar-refractivity contribution is 9.10. The van der Waals surface area contributed by atoms with E-state index in [9.17, 15) is 4.79 Å². The van der Waals surface area contributed by atoms with Crippen LogP contribution in [0.15, 0.2) is 39.6 Å². The van der Waals surface area contributed by atoms with Gasteiger partial charge in [-0.25, -0.2) is 0 Å². The van der Waals surface area contributed by atoms with Gasteiger partial charge in [-0.05, 0) is 40.5 Å². The largest absolute Gasteiger partial charge is 0.325 e. The third-order valence-corrected chi connectivity index (χ3v) is 3.58. The molecule has 0 radical (unpaired) electrons. The third kappa shape index (κ3) is 2.20. The minimum absolute atomic E-state index is 0.106. The summed E-state index contributed by atoms with van der Waals surface area (Å²) in [6.07, 6.45) is 0. The number of benzene rings is 1. The number of halogens is 2. The Labute approximate surface area is 106 Å². The Morgan fingerprint density at radius 2 is 1.88 bits per heavy atom. The second-order valence-electron chi connectivity index (χ2n) is 3.49. The molecule has 2 rings (SSSR count). The number of aromatic amines is 1. The normalized spacial score (nSPS) is 10.4. The van der Waals surface area contributed by atoms with Gasteiger partial charge >= 0.3 is 0 Å². The molecule has 1 heterocycles. The fourth-order valence-electron chi connectivity index (χ4n) is 1.51. The van der Waals surface area contributed by atoms with Crippen molar-refractivity contribution in [3.63, 3.8) is 0 Å². The zero-order valence-electron chi connectivity index (χ0n) is 8.55. The molecule has 0 saturated carbocycles. The predicted molar refractivity (Wildman–Crippen MR) is 69.9 cm³/mol. The lowest BCUT2D eigenvalue weighted by atomic mass is 10.1. The van der Waals surface area contributed by atoms with Gasteiger partial charge in [-0.1, -0.05) is 23.7 Å². The number of aryl methyl sites for hydroxylation is 1. The van der Waals surface area contributed by atoms with Gasteiger partial charge in [-0.2, -0.15) is 0 Å². The number of hydrogen-bond donors (Lipinski definition) is 1. The second-order valence-corrected chi connectivity index (χ2v) is 4.72. The highest BCUT2D eigenvalue weighted by Gasteiger charge is 2.07. The monoisotopic (exact) mass is 297 g/mol. The Kier molecular flexibility index (Phi) is 3.17. The number of nitrogens with one attached hydrogen (secondary N) is 1. The molecule has 82 valence electrons. The quantitative estimate of drug-likeness (QED) is 0.854. The number of hydrogen-bond acceptors (Lipinski definition) is 1. The molecule has 16 heavy (non-hydrogen) atoms. The molecule has 0 aliphatic carbocycles. The van der Waals surface area contributed by atoms with Crippen molar-refractivity contribution in [3.05, 3.63) is 55.9 Å². The Balaban J connectivity index is 2.64. The molecule has 2 aromatic rings. The van der Waals surface area contributed by atoms with Crippen molar-refractivity contribution in [1.82, 2.24) is 4.98 Å². The van der Waals surface area contributed by atoms with E-state index in [1.807, 2.05) is 19.1 Å². The van der Waals surface area contributed by atoms with Crippen molar-refractivity contribution in [3.8, 4) is 11.1 Å². The zero-order chi connectivity index (χ0) is 11.7. The summed E-state index contributed by atoms with van der Waals surface area (Å²) in [7, 11) is 0. The van der Waals surface area contributed by atoms with Gasteiger partial charge in [0.1, 0.15) is 0 Å². The van der Waals surface area contributed by atoms with E-state index < -0.39 is 0 Å². The Morgan fingerprint density at radius 1 is 1.25 bits per heavy atom. The standard InChI is InChI=1S/C12H9BrClNO/c1-7-12(13)10(6-11(16)15-7)8-2-4-9(14)5-3-8/h2-6H,1H3,(H,15,16). The fourth-order valence-corrected chi connectivity index (χ4v) is 2.08. The molecular formula is C12H9BrClNO. The minimum Gasteiger partial charge on any atom is -0.325 e. The maximum atomic E-state index is 11.4. The van der Waals surface area contributed by atoms with Crippen molar-refractivity contribution >= 4 is 27.5 Å². The summed E-state index contributed by atoms with van der Waals surface area (Å²) in [6.45, 7) is 1.85. The van der Waals surface area contributed by atoms with Gasteiger partial charge in [0.25, 0.3) is 0 Å². The van der Waals surface area contributed by atoms with E-state index >= 15 is 0 Å². The van der Waals surface area contributed by atoms with Gasteiger partial charge in [0.15, 0.2) is 0 Å². The lowest BCUT2D eigenvalue weighted by Crippen LogP contribution is -2.07. The molecule has 0 fully saturated rings. The van der Waals surface area contributed by atoms with Crippen LogP contribution in [-0.4, -0.2) is 4.98 Å². The molecule has 0 saturated heterocycles. The molecule has 4 heteroatoms. The van der Waals surface area contributed by atoms with Gasteiger partial charge in [0.05, 0.1) is 0 Å². The molecule has 1 N–H and O–H groups in total. The summed E-state index contributed by atoms with van der Waals surface area (Å²) < 4.78 is 0.898. The molecule has 0 amide bonds. The molecule has 0 spiro atoms. The van der Waals surface area contributed by atoms with Crippen molar-refractivity contribution in [2.75, 3.05) is 0 Å². The van der Waals surface area contributed by atoms with Crippen LogP contribution in [0.2, 0.25) is 5.02 Å². The SMILES string of the molecule is Cc1[nH]c(=O)cc(-c2ccc(Cl)cc2)c1Br. The predicted octanol–water partition coefficient (Wildman–Crippen LogP) is 3.77. The Hall–Kier alpha value is -1.06.